The molecule has 4 rings (SSSR count). The summed E-state index contributed by atoms with van der Waals surface area (Å²) in [4.78, 5) is 12.1. The predicted octanol–water partition coefficient (Wildman–Crippen LogP) is 4.15. The Bertz CT molecular complexity index is 1300. The van der Waals surface area contributed by atoms with E-state index in [1.807, 2.05) is 13.0 Å². The third kappa shape index (κ3) is 5.34. The first-order chi connectivity index (χ1) is 15.9. The van der Waals surface area contributed by atoms with Crippen LogP contribution in [0.15, 0.2) is 36.9 Å². The van der Waals surface area contributed by atoms with E-state index in [9.17, 15) is 21.6 Å². The molecule has 0 atom stereocenters. The van der Waals surface area contributed by atoms with Gasteiger partial charge in [0.25, 0.3) is 0 Å². The summed E-state index contributed by atoms with van der Waals surface area (Å²) in [5, 5.41) is 3.46. The van der Waals surface area contributed by atoms with Crippen LogP contribution >= 0.6 is 11.6 Å². The molecule has 3 aromatic rings. The van der Waals surface area contributed by atoms with Gasteiger partial charge in [0.2, 0.25) is 16.0 Å². The highest BCUT2D eigenvalue weighted by molar-refractivity contribution is 7.88. The second-order valence-corrected chi connectivity index (χ2v) is 10.5. The number of hydrogen-bond donors (Lipinski definition) is 1. The Morgan fingerprint density at radius 2 is 1.88 bits per heavy atom. The third-order valence-electron chi connectivity index (χ3n) is 5.56. The van der Waals surface area contributed by atoms with Gasteiger partial charge >= 0.3 is 6.18 Å². The highest BCUT2D eigenvalue weighted by atomic mass is 35.5. The van der Waals surface area contributed by atoms with Crippen LogP contribution in [-0.2, 0) is 16.2 Å². The number of alkyl halides is 3. The number of nitrogens with one attached hydrogen (secondary N) is 1. The number of anilines is 1. The number of hydrogen-bond acceptors (Lipinski definition) is 6. The SMILES string of the molecule is Cc1ccc(-n2cnc(-c3nc(NC4CCN(S(C)(=O)=O)CC4)ncc3C(F)(F)F)c2)c(Cl)c1. The Balaban J connectivity index is 1.62. The molecule has 1 aliphatic rings. The summed E-state index contributed by atoms with van der Waals surface area (Å²) in [7, 11) is -3.28. The minimum atomic E-state index is -4.68. The molecular formula is C21H22ClF3N6O2S. The van der Waals surface area contributed by atoms with Gasteiger partial charge in [0, 0.05) is 31.5 Å². The van der Waals surface area contributed by atoms with Crippen molar-refractivity contribution in [1.82, 2.24) is 23.8 Å². The molecule has 34 heavy (non-hydrogen) atoms. The molecule has 0 bridgehead atoms. The highest BCUT2D eigenvalue weighted by Crippen LogP contribution is 2.36. The van der Waals surface area contributed by atoms with Crippen molar-refractivity contribution in [3.8, 4) is 17.1 Å². The van der Waals surface area contributed by atoms with Crippen LogP contribution in [0.2, 0.25) is 5.02 Å². The molecule has 0 saturated carbocycles. The smallest absolute Gasteiger partial charge is 0.351 e. The maximum Gasteiger partial charge on any atom is 0.420 e. The zero-order valence-electron chi connectivity index (χ0n) is 18.3. The average molecular weight is 515 g/mol. The molecule has 0 radical (unpaired) electrons. The monoisotopic (exact) mass is 514 g/mol. The van der Waals surface area contributed by atoms with Crippen LogP contribution in [0.5, 0.6) is 0 Å². The van der Waals surface area contributed by atoms with Crippen LogP contribution in [-0.4, -0.2) is 57.6 Å². The van der Waals surface area contributed by atoms with Crippen LogP contribution in [0, 0.1) is 6.92 Å². The number of benzene rings is 1. The number of rotatable bonds is 5. The van der Waals surface area contributed by atoms with Crippen LogP contribution in [0.1, 0.15) is 24.0 Å². The molecule has 0 aliphatic carbocycles. The van der Waals surface area contributed by atoms with Crippen molar-refractivity contribution in [3.05, 3.63) is 53.1 Å². The molecule has 2 aromatic heterocycles. The summed E-state index contributed by atoms with van der Waals surface area (Å²) in [6.45, 7) is 2.50. The van der Waals surface area contributed by atoms with E-state index in [1.54, 1.807) is 12.1 Å². The molecule has 0 spiro atoms. The molecule has 1 saturated heterocycles. The van der Waals surface area contributed by atoms with E-state index in [-0.39, 0.29) is 23.4 Å². The van der Waals surface area contributed by atoms with Crippen molar-refractivity contribution in [1.29, 1.82) is 0 Å². The van der Waals surface area contributed by atoms with Crippen LogP contribution in [0.25, 0.3) is 17.1 Å². The lowest BCUT2D eigenvalue weighted by Gasteiger charge is -2.30. The zero-order chi connectivity index (χ0) is 24.7. The minimum absolute atomic E-state index is 0.0151. The number of aromatic nitrogens is 4. The maximum absolute atomic E-state index is 13.7. The van der Waals surface area contributed by atoms with E-state index in [4.69, 9.17) is 11.6 Å². The van der Waals surface area contributed by atoms with E-state index in [0.717, 1.165) is 18.0 Å². The van der Waals surface area contributed by atoms with Crippen molar-refractivity contribution in [3.63, 3.8) is 0 Å². The second kappa shape index (κ2) is 9.16. The molecule has 13 heteroatoms. The normalized spacial score (nSPS) is 16.1. The van der Waals surface area contributed by atoms with Gasteiger partial charge in [-0.15, -0.1) is 0 Å². The van der Waals surface area contributed by atoms with E-state index in [1.165, 1.54) is 21.4 Å². The number of piperidine rings is 1. The standard InChI is InChI=1S/C21H22ClF3N6O2S/c1-13-3-4-18(16(22)9-13)30-11-17(27-12-30)19-15(21(23,24)25)10-26-20(29-19)28-14-5-7-31(8-6-14)34(2,32)33/h3-4,9-12,14H,5-8H2,1-2H3,(H,26,28,29). The Morgan fingerprint density at radius 3 is 2.50 bits per heavy atom. The van der Waals surface area contributed by atoms with Gasteiger partial charge in [-0.1, -0.05) is 17.7 Å². The highest BCUT2D eigenvalue weighted by Gasteiger charge is 2.36. The average Bonchev–Trinajstić information content (AvgIpc) is 3.22. The summed E-state index contributed by atoms with van der Waals surface area (Å²) >= 11 is 6.29. The molecule has 0 unspecified atom stereocenters. The van der Waals surface area contributed by atoms with Gasteiger partial charge < -0.3 is 9.88 Å². The van der Waals surface area contributed by atoms with Crippen molar-refractivity contribution in [2.75, 3.05) is 24.7 Å². The number of halogens is 4. The number of imidazole rings is 1. The number of nitrogens with zero attached hydrogens (tertiary/aromatic N) is 5. The molecule has 1 aliphatic heterocycles. The quantitative estimate of drug-likeness (QED) is 0.550. The van der Waals surface area contributed by atoms with Crippen molar-refractivity contribution >= 4 is 27.6 Å². The zero-order valence-corrected chi connectivity index (χ0v) is 19.9. The Hall–Kier alpha value is -2.70. The fourth-order valence-corrected chi connectivity index (χ4v) is 4.97. The second-order valence-electron chi connectivity index (χ2n) is 8.16. The van der Waals surface area contributed by atoms with Gasteiger partial charge in [0.1, 0.15) is 23.3 Å². The Morgan fingerprint density at radius 1 is 1.18 bits per heavy atom. The summed E-state index contributed by atoms with van der Waals surface area (Å²) in [6, 6.07) is 5.17. The van der Waals surface area contributed by atoms with E-state index >= 15 is 0 Å². The first kappa shape index (κ1) is 24.4. The van der Waals surface area contributed by atoms with E-state index < -0.39 is 21.8 Å². The fraction of sp³-hybridized carbons (Fsp3) is 0.381. The largest absolute Gasteiger partial charge is 0.420 e. The lowest BCUT2D eigenvalue weighted by Crippen LogP contribution is -2.42. The van der Waals surface area contributed by atoms with Gasteiger partial charge in [-0.25, -0.2) is 27.7 Å². The Kier molecular flexibility index (Phi) is 6.58. The maximum atomic E-state index is 13.7. The summed E-state index contributed by atoms with van der Waals surface area (Å²) in [5.74, 6) is 0.0173. The summed E-state index contributed by atoms with van der Waals surface area (Å²) in [6.07, 6.45) is 0.967. The van der Waals surface area contributed by atoms with Crippen molar-refractivity contribution in [2.45, 2.75) is 32.0 Å². The van der Waals surface area contributed by atoms with Gasteiger partial charge in [-0.2, -0.15) is 13.2 Å². The number of sulfonamides is 1. The molecule has 8 nitrogen and oxygen atoms in total. The lowest BCUT2D eigenvalue weighted by molar-refractivity contribution is -0.137. The molecular weight excluding hydrogens is 493 g/mol. The van der Waals surface area contributed by atoms with E-state index in [0.29, 0.717) is 36.6 Å². The van der Waals surface area contributed by atoms with Crippen LogP contribution in [0.4, 0.5) is 19.1 Å². The molecule has 1 aromatic carbocycles. The summed E-state index contributed by atoms with van der Waals surface area (Å²) in [5.41, 5.74) is 0.166. The predicted molar refractivity (Wildman–Crippen MR) is 122 cm³/mol. The van der Waals surface area contributed by atoms with Gasteiger partial charge in [-0.05, 0) is 37.5 Å². The third-order valence-corrected chi connectivity index (χ3v) is 7.16. The topological polar surface area (TPSA) is 93.0 Å². The van der Waals surface area contributed by atoms with Crippen LogP contribution < -0.4 is 5.32 Å². The molecule has 3 heterocycles. The Labute approximate surface area is 199 Å². The minimum Gasteiger partial charge on any atom is -0.351 e. The molecule has 1 fully saturated rings. The number of aryl methyl sites for hydroxylation is 1. The first-order valence-corrected chi connectivity index (χ1v) is 12.6. The van der Waals surface area contributed by atoms with Gasteiger partial charge in [0.05, 0.1) is 17.0 Å². The molecule has 1 N–H and O–H groups in total. The first-order valence-electron chi connectivity index (χ1n) is 10.4. The van der Waals surface area contributed by atoms with Crippen molar-refractivity contribution < 1.29 is 21.6 Å². The summed E-state index contributed by atoms with van der Waals surface area (Å²) < 4.78 is 67.4. The molecule has 182 valence electrons. The van der Waals surface area contributed by atoms with E-state index in [2.05, 4.69) is 20.3 Å². The fourth-order valence-electron chi connectivity index (χ4n) is 3.77. The van der Waals surface area contributed by atoms with Gasteiger partial charge in [0.15, 0.2) is 0 Å². The molecule has 0 amide bonds. The van der Waals surface area contributed by atoms with Crippen molar-refractivity contribution in [2.24, 2.45) is 0 Å². The lowest BCUT2D eigenvalue weighted by atomic mass is 10.1. The van der Waals surface area contributed by atoms with Gasteiger partial charge in [-0.3, -0.25) is 0 Å². The van der Waals surface area contributed by atoms with Crippen LogP contribution in [0.3, 0.4) is 0 Å².